The largest absolute Gasteiger partial charge is 0.381 e. The number of fused-ring (bicyclic) bond motifs is 1. The predicted octanol–water partition coefficient (Wildman–Crippen LogP) is 1.60. The van der Waals surface area contributed by atoms with E-state index in [1.54, 1.807) is 0 Å². The number of H-pyrrole nitrogens is 1. The van der Waals surface area contributed by atoms with Gasteiger partial charge in [0.05, 0.1) is 5.39 Å². The number of ether oxygens (including phenoxy) is 1. The zero-order valence-electron chi connectivity index (χ0n) is 18.3. The van der Waals surface area contributed by atoms with Crippen LogP contribution in [0.1, 0.15) is 25.3 Å². The Morgan fingerprint density at radius 1 is 1.16 bits per heavy atom. The van der Waals surface area contributed by atoms with Gasteiger partial charge in [-0.2, -0.15) is 0 Å². The third-order valence-corrected chi connectivity index (χ3v) is 6.66. The number of hydrogen-bond acceptors (Lipinski definition) is 7. The first kappa shape index (κ1) is 21.1. The van der Waals surface area contributed by atoms with E-state index in [0.717, 1.165) is 56.3 Å². The maximum atomic E-state index is 12.2. The first-order valence-corrected chi connectivity index (χ1v) is 11.3. The van der Waals surface area contributed by atoms with Gasteiger partial charge in [0.25, 0.3) is 5.56 Å². The molecule has 9 nitrogen and oxygen atoms in total. The third kappa shape index (κ3) is 4.41. The van der Waals surface area contributed by atoms with Crippen molar-refractivity contribution in [1.82, 2.24) is 24.5 Å². The second kappa shape index (κ2) is 9.01. The Morgan fingerprint density at radius 2 is 2.00 bits per heavy atom. The molecular weight excluding hydrogens is 410 g/mol. The summed E-state index contributed by atoms with van der Waals surface area (Å²) in [6.45, 7) is 9.27. The SMILES string of the molecule is CC1CN(CC2CCOCC2)CCN1Cc1ccc2onc(-n3ccc(=O)[nH]c3=O)c2c1. The number of nitrogens with one attached hydrogen (secondary N) is 1. The normalized spacial score (nSPS) is 21.3. The van der Waals surface area contributed by atoms with E-state index in [1.165, 1.54) is 36.2 Å². The summed E-state index contributed by atoms with van der Waals surface area (Å²) in [7, 11) is 0. The lowest BCUT2D eigenvalue weighted by atomic mass is 9.99. The van der Waals surface area contributed by atoms with Crippen LogP contribution in [0.4, 0.5) is 0 Å². The molecule has 0 bridgehead atoms. The number of hydrogen-bond donors (Lipinski definition) is 1. The lowest BCUT2D eigenvalue weighted by Crippen LogP contribution is -2.52. The maximum Gasteiger partial charge on any atom is 0.334 e. The minimum absolute atomic E-state index is 0.387. The van der Waals surface area contributed by atoms with Crippen LogP contribution in [0.15, 0.2) is 44.6 Å². The molecule has 2 aliphatic rings. The number of aromatic nitrogens is 3. The van der Waals surface area contributed by atoms with E-state index in [2.05, 4.69) is 26.9 Å². The van der Waals surface area contributed by atoms with Crippen LogP contribution in [0.25, 0.3) is 16.8 Å². The molecule has 1 atom stereocenters. The fourth-order valence-corrected chi connectivity index (χ4v) is 4.83. The molecule has 1 aromatic carbocycles. The topological polar surface area (TPSA) is 96.6 Å². The van der Waals surface area contributed by atoms with E-state index in [-0.39, 0.29) is 0 Å². The predicted molar refractivity (Wildman–Crippen MR) is 120 cm³/mol. The van der Waals surface area contributed by atoms with Crippen LogP contribution in [-0.4, -0.2) is 69.9 Å². The molecular formula is C23H29N5O4. The Hall–Kier alpha value is -2.75. The summed E-state index contributed by atoms with van der Waals surface area (Å²) < 4.78 is 12.2. The summed E-state index contributed by atoms with van der Waals surface area (Å²) in [4.78, 5) is 31.0. The molecule has 2 saturated heterocycles. The van der Waals surface area contributed by atoms with Crippen LogP contribution in [-0.2, 0) is 11.3 Å². The highest BCUT2D eigenvalue weighted by molar-refractivity contribution is 5.84. The van der Waals surface area contributed by atoms with Crippen molar-refractivity contribution in [2.45, 2.75) is 32.4 Å². The van der Waals surface area contributed by atoms with Crippen LogP contribution < -0.4 is 11.2 Å². The van der Waals surface area contributed by atoms with Crippen LogP contribution in [0.2, 0.25) is 0 Å². The van der Waals surface area contributed by atoms with Crippen molar-refractivity contribution in [2.75, 3.05) is 39.4 Å². The molecule has 0 radical (unpaired) electrons. The number of nitrogens with zero attached hydrogens (tertiary/aromatic N) is 4. The number of piperazine rings is 1. The minimum Gasteiger partial charge on any atom is -0.381 e. The van der Waals surface area contributed by atoms with Crippen molar-refractivity contribution in [3.63, 3.8) is 0 Å². The molecule has 3 aromatic rings. The molecule has 0 amide bonds. The first-order chi connectivity index (χ1) is 15.6. The van der Waals surface area contributed by atoms with Gasteiger partial charge < -0.3 is 14.2 Å². The van der Waals surface area contributed by atoms with Gasteiger partial charge in [-0.05, 0) is 43.4 Å². The molecule has 0 saturated carbocycles. The first-order valence-electron chi connectivity index (χ1n) is 11.3. The quantitative estimate of drug-likeness (QED) is 0.645. The van der Waals surface area contributed by atoms with Gasteiger partial charge in [-0.15, -0.1) is 0 Å². The van der Waals surface area contributed by atoms with E-state index in [4.69, 9.17) is 9.26 Å². The molecule has 170 valence electrons. The van der Waals surface area contributed by atoms with Crippen molar-refractivity contribution in [1.29, 1.82) is 0 Å². The van der Waals surface area contributed by atoms with Gasteiger partial charge in [0.15, 0.2) is 11.4 Å². The van der Waals surface area contributed by atoms with Gasteiger partial charge in [0.2, 0.25) is 0 Å². The van der Waals surface area contributed by atoms with E-state index < -0.39 is 11.2 Å². The van der Waals surface area contributed by atoms with E-state index >= 15 is 0 Å². The second-order valence-corrected chi connectivity index (χ2v) is 8.95. The molecule has 9 heteroatoms. The fraction of sp³-hybridized carbons (Fsp3) is 0.522. The van der Waals surface area contributed by atoms with Gasteiger partial charge in [-0.25, -0.2) is 9.36 Å². The Morgan fingerprint density at radius 3 is 2.78 bits per heavy atom. The molecule has 0 aliphatic carbocycles. The summed E-state index contributed by atoms with van der Waals surface area (Å²) in [5.41, 5.74) is 0.775. The van der Waals surface area contributed by atoms with E-state index in [9.17, 15) is 9.59 Å². The van der Waals surface area contributed by atoms with E-state index in [1.807, 2.05) is 18.2 Å². The van der Waals surface area contributed by atoms with Gasteiger partial charge in [0, 0.05) is 64.2 Å². The van der Waals surface area contributed by atoms with Crippen LogP contribution in [0, 0.1) is 5.92 Å². The van der Waals surface area contributed by atoms with Crippen molar-refractivity contribution in [2.24, 2.45) is 5.92 Å². The monoisotopic (exact) mass is 439 g/mol. The average Bonchev–Trinajstić information content (AvgIpc) is 3.19. The molecule has 2 aromatic heterocycles. The summed E-state index contributed by atoms with van der Waals surface area (Å²) in [6.07, 6.45) is 3.77. The smallest absolute Gasteiger partial charge is 0.334 e. The molecule has 4 heterocycles. The molecule has 32 heavy (non-hydrogen) atoms. The molecule has 0 spiro atoms. The van der Waals surface area contributed by atoms with Gasteiger partial charge in [-0.1, -0.05) is 11.2 Å². The lowest BCUT2D eigenvalue weighted by molar-refractivity contribution is 0.0289. The Labute approximate surface area is 185 Å². The number of benzene rings is 1. The molecule has 2 fully saturated rings. The summed E-state index contributed by atoms with van der Waals surface area (Å²) >= 11 is 0. The summed E-state index contributed by atoms with van der Waals surface area (Å²) in [5, 5.41) is 4.81. The van der Waals surface area contributed by atoms with Gasteiger partial charge in [-0.3, -0.25) is 14.7 Å². The molecule has 2 aliphatic heterocycles. The van der Waals surface area contributed by atoms with Crippen molar-refractivity contribution >= 4 is 11.0 Å². The van der Waals surface area contributed by atoms with Crippen LogP contribution in [0.5, 0.6) is 0 Å². The Kier molecular flexibility index (Phi) is 5.95. The van der Waals surface area contributed by atoms with E-state index in [0.29, 0.717) is 17.4 Å². The van der Waals surface area contributed by atoms with Gasteiger partial charge in [0.1, 0.15) is 0 Å². The van der Waals surface area contributed by atoms with Crippen molar-refractivity contribution in [3.05, 3.63) is 56.9 Å². The molecule has 1 unspecified atom stereocenters. The Balaban J connectivity index is 1.29. The van der Waals surface area contributed by atoms with Crippen LogP contribution in [0.3, 0.4) is 0 Å². The standard InChI is InChI=1S/C23H29N5O4/c1-16-13-26(14-17-5-10-31-11-6-17)8-9-27(16)15-18-2-3-20-19(12-18)22(25-32-20)28-7-4-21(29)24-23(28)30/h2-4,7,12,16-17H,5-6,8-11,13-15H2,1H3,(H,24,29,30). The third-order valence-electron chi connectivity index (χ3n) is 6.66. The van der Waals surface area contributed by atoms with Gasteiger partial charge >= 0.3 is 5.69 Å². The van der Waals surface area contributed by atoms with Crippen LogP contribution >= 0.6 is 0 Å². The minimum atomic E-state index is -0.535. The number of rotatable bonds is 5. The average molecular weight is 440 g/mol. The lowest BCUT2D eigenvalue weighted by Gasteiger charge is -2.41. The maximum absolute atomic E-state index is 12.2. The molecule has 1 N–H and O–H groups in total. The second-order valence-electron chi connectivity index (χ2n) is 8.95. The summed E-state index contributed by atoms with van der Waals surface area (Å²) in [5.74, 6) is 1.14. The molecule has 5 rings (SSSR count). The van der Waals surface area contributed by atoms with Crippen molar-refractivity contribution in [3.8, 4) is 5.82 Å². The Bertz CT molecular complexity index is 1190. The zero-order chi connectivity index (χ0) is 22.1. The fourth-order valence-electron chi connectivity index (χ4n) is 4.83. The summed E-state index contributed by atoms with van der Waals surface area (Å²) in [6, 6.07) is 7.73. The zero-order valence-corrected chi connectivity index (χ0v) is 18.3. The highest BCUT2D eigenvalue weighted by Crippen LogP contribution is 2.24. The highest BCUT2D eigenvalue weighted by atomic mass is 16.5. The highest BCUT2D eigenvalue weighted by Gasteiger charge is 2.26. The van der Waals surface area contributed by atoms with Crippen molar-refractivity contribution < 1.29 is 9.26 Å². The number of aromatic amines is 1.